The largest absolute Gasteiger partial charge is 0.457 e. The van der Waals surface area contributed by atoms with Crippen molar-refractivity contribution in [3.63, 3.8) is 0 Å². The zero-order valence-corrected chi connectivity index (χ0v) is 34.3. The number of hydrogen-bond donors (Lipinski definition) is 3. The summed E-state index contributed by atoms with van der Waals surface area (Å²) in [5.41, 5.74) is 9.09. The standard InChI is InChI=1S/C53H51N3O5/c1-38-50(36-56(34-39-12-5-2-6-13-39)35-40-14-7-3-8-15-40)60-52(61-51(38)44-22-20-41(37-57)21-23-44)45-26-24-43(25-27-45)46-17-11-16-42(32-46)33-54-53(58)55-47-28-30-49(31-29-47)59-48-18-9-4-10-19-48/h2-32,38,50-52,57H,33-37H2,1H3,(H2,54,55,58)/t38-,50+,51+,52+/m0/s1. The number of hydrogen-bond acceptors (Lipinski definition) is 6. The fourth-order valence-corrected chi connectivity index (χ4v) is 7.73. The van der Waals surface area contributed by atoms with Crippen molar-refractivity contribution in [1.82, 2.24) is 10.2 Å². The maximum atomic E-state index is 12.8. The van der Waals surface area contributed by atoms with Gasteiger partial charge in [0.05, 0.1) is 18.8 Å². The molecule has 7 aromatic carbocycles. The lowest BCUT2D eigenvalue weighted by Crippen LogP contribution is -2.44. The molecule has 2 amide bonds. The van der Waals surface area contributed by atoms with Gasteiger partial charge in [0.1, 0.15) is 11.5 Å². The second-order valence-corrected chi connectivity index (χ2v) is 15.5. The summed E-state index contributed by atoms with van der Waals surface area (Å²) in [6.45, 7) is 4.86. The number of anilines is 1. The van der Waals surface area contributed by atoms with Crippen molar-refractivity contribution in [3.05, 3.63) is 221 Å². The van der Waals surface area contributed by atoms with Crippen LogP contribution in [0.2, 0.25) is 0 Å². The average molecular weight is 810 g/mol. The molecule has 8 rings (SSSR count). The lowest BCUT2D eigenvalue weighted by Gasteiger charge is -2.43. The quantitative estimate of drug-likeness (QED) is 0.0955. The molecule has 1 aliphatic heterocycles. The molecule has 8 heteroatoms. The molecule has 7 aromatic rings. The third-order valence-corrected chi connectivity index (χ3v) is 11.0. The zero-order valence-electron chi connectivity index (χ0n) is 34.3. The summed E-state index contributed by atoms with van der Waals surface area (Å²) in [7, 11) is 0. The molecular weight excluding hydrogens is 759 g/mol. The van der Waals surface area contributed by atoms with Crippen molar-refractivity contribution in [1.29, 1.82) is 0 Å². The molecule has 0 aliphatic carbocycles. The zero-order chi connectivity index (χ0) is 41.8. The molecule has 1 aliphatic rings. The summed E-state index contributed by atoms with van der Waals surface area (Å²) >= 11 is 0. The molecule has 8 nitrogen and oxygen atoms in total. The smallest absolute Gasteiger partial charge is 0.319 e. The molecule has 308 valence electrons. The van der Waals surface area contributed by atoms with Crippen LogP contribution < -0.4 is 15.4 Å². The topological polar surface area (TPSA) is 92.3 Å². The highest BCUT2D eigenvalue weighted by atomic mass is 16.7. The molecule has 0 bridgehead atoms. The van der Waals surface area contributed by atoms with E-state index in [1.807, 2.05) is 78.9 Å². The summed E-state index contributed by atoms with van der Waals surface area (Å²) in [5.74, 6) is 1.49. The molecule has 3 N–H and O–H groups in total. The van der Waals surface area contributed by atoms with E-state index >= 15 is 0 Å². The first-order chi connectivity index (χ1) is 30.0. The number of aliphatic hydroxyl groups excluding tert-OH is 1. The number of nitrogens with zero attached hydrogens (tertiary/aromatic N) is 1. The number of rotatable bonds is 15. The maximum Gasteiger partial charge on any atom is 0.319 e. The normalized spacial score (nSPS) is 17.4. The summed E-state index contributed by atoms with van der Waals surface area (Å²) in [6.07, 6.45) is -0.946. The van der Waals surface area contributed by atoms with Gasteiger partial charge in [0.2, 0.25) is 0 Å². The molecule has 1 heterocycles. The van der Waals surface area contributed by atoms with E-state index in [0.717, 1.165) is 52.2 Å². The van der Waals surface area contributed by atoms with Gasteiger partial charge >= 0.3 is 6.03 Å². The molecule has 0 radical (unpaired) electrons. The van der Waals surface area contributed by atoms with Crippen LogP contribution in [0.4, 0.5) is 10.5 Å². The van der Waals surface area contributed by atoms with Crippen molar-refractivity contribution in [2.45, 2.75) is 51.7 Å². The Morgan fingerprint density at radius 1 is 0.607 bits per heavy atom. The molecule has 1 saturated heterocycles. The number of carbonyl (C=O) groups is 1. The predicted molar refractivity (Wildman–Crippen MR) is 241 cm³/mol. The highest BCUT2D eigenvalue weighted by molar-refractivity contribution is 5.89. The molecule has 0 unspecified atom stereocenters. The van der Waals surface area contributed by atoms with Gasteiger partial charge in [0, 0.05) is 43.3 Å². The first-order valence-corrected chi connectivity index (χ1v) is 20.8. The minimum absolute atomic E-state index is 0.00758. The summed E-state index contributed by atoms with van der Waals surface area (Å²) in [6, 6.07) is 62.3. The minimum atomic E-state index is -0.588. The van der Waals surface area contributed by atoms with Crippen molar-refractivity contribution in [2.75, 3.05) is 11.9 Å². The van der Waals surface area contributed by atoms with E-state index in [0.29, 0.717) is 24.5 Å². The fourth-order valence-electron chi connectivity index (χ4n) is 7.73. The molecule has 0 aromatic heterocycles. The van der Waals surface area contributed by atoms with Crippen LogP contribution in [0.25, 0.3) is 11.1 Å². The number of aliphatic hydroxyl groups is 1. The van der Waals surface area contributed by atoms with Gasteiger partial charge in [-0.05, 0) is 81.4 Å². The van der Waals surface area contributed by atoms with Gasteiger partial charge in [-0.1, -0.05) is 153 Å². The van der Waals surface area contributed by atoms with E-state index in [9.17, 15) is 9.90 Å². The lowest BCUT2D eigenvalue weighted by atomic mass is 9.89. The third-order valence-electron chi connectivity index (χ3n) is 11.0. The van der Waals surface area contributed by atoms with Crippen LogP contribution >= 0.6 is 0 Å². The second kappa shape index (κ2) is 20.1. The predicted octanol–water partition coefficient (Wildman–Crippen LogP) is 11.5. The van der Waals surface area contributed by atoms with Crippen LogP contribution in [0.3, 0.4) is 0 Å². The molecular formula is C53H51N3O5. The van der Waals surface area contributed by atoms with E-state index in [2.05, 4.69) is 132 Å². The molecule has 0 saturated carbocycles. The lowest BCUT2D eigenvalue weighted by molar-refractivity contribution is -0.276. The second-order valence-electron chi connectivity index (χ2n) is 15.5. The van der Waals surface area contributed by atoms with Crippen LogP contribution in [-0.2, 0) is 35.7 Å². The highest BCUT2D eigenvalue weighted by Crippen LogP contribution is 2.42. The number of ether oxygens (including phenoxy) is 3. The molecule has 61 heavy (non-hydrogen) atoms. The molecule has 0 spiro atoms. The Hall–Kier alpha value is -6.55. The summed E-state index contributed by atoms with van der Waals surface area (Å²) in [5, 5.41) is 15.6. The van der Waals surface area contributed by atoms with Gasteiger partial charge in [-0.25, -0.2) is 4.79 Å². The minimum Gasteiger partial charge on any atom is -0.457 e. The van der Waals surface area contributed by atoms with Crippen LogP contribution in [0, 0.1) is 5.92 Å². The highest BCUT2D eigenvalue weighted by Gasteiger charge is 2.39. The van der Waals surface area contributed by atoms with Gasteiger partial charge in [0.15, 0.2) is 6.29 Å². The average Bonchev–Trinajstić information content (AvgIpc) is 3.31. The Bertz CT molecular complexity index is 2390. The Morgan fingerprint density at radius 2 is 1.20 bits per heavy atom. The monoisotopic (exact) mass is 809 g/mol. The van der Waals surface area contributed by atoms with E-state index in [1.54, 1.807) is 0 Å². The summed E-state index contributed by atoms with van der Waals surface area (Å²) < 4.78 is 19.6. The van der Waals surface area contributed by atoms with Gasteiger partial charge in [-0.2, -0.15) is 0 Å². The van der Waals surface area contributed by atoms with Crippen molar-refractivity contribution in [2.24, 2.45) is 5.92 Å². The Labute approximate surface area is 358 Å². The van der Waals surface area contributed by atoms with Gasteiger partial charge in [-0.15, -0.1) is 0 Å². The Morgan fingerprint density at radius 3 is 1.84 bits per heavy atom. The van der Waals surface area contributed by atoms with Crippen LogP contribution in [0.5, 0.6) is 11.5 Å². The van der Waals surface area contributed by atoms with E-state index in [-0.39, 0.29) is 30.8 Å². The Kier molecular flexibility index (Phi) is 13.6. The first kappa shape index (κ1) is 41.2. The number of amides is 2. The van der Waals surface area contributed by atoms with Gasteiger partial charge in [-0.3, -0.25) is 4.90 Å². The molecule has 1 fully saturated rings. The third kappa shape index (κ3) is 11.2. The number of para-hydroxylation sites is 1. The maximum absolute atomic E-state index is 12.8. The first-order valence-electron chi connectivity index (χ1n) is 20.8. The number of urea groups is 1. The number of nitrogens with one attached hydrogen (secondary N) is 2. The van der Waals surface area contributed by atoms with Crippen molar-refractivity contribution < 1.29 is 24.1 Å². The van der Waals surface area contributed by atoms with Gasteiger partial charge < -0.3 is 30.0 Å². The SMILES string of the molecule is C[C@H]1[C@@H](CN(Cc2ccccc2)Cc2ccccc2)O[C@@H](c2ccc(-c3cccc(CNC(=O)Nc4ccc(Oc5ccccc5)cc4)c3)cc2)O[C@H]1c1ccc(CO)cc1. The van der Waals surface area contributed by atoms with E-state index in [4.69, 9.17) is 14.2 Å². The fraction of sp³-hybridized carbons (Fsp3) is 0.189. The van der Waals surface area contributed by atoms with Crippen molar-refractivity contribution in [3.8, 4) is 22.6 Å². The van der Waals surface area contributed by atoms with E-state index < -0.39 is 6.29 Å². The van der Waals surface area contributed by atoms with Crippen LogP contribution in [0.1, 0.15) is 52.7 Å². The molecule has 4 atom stereocenters. The van der Waals surface area contributed by atoms with Gasteiger partial charge in [0.25, 0.3) is 0 Å². The van der Waals surface area contributed by atoms with Crippen molar-refractivity contribution >= 4 is 11.7 Å². The van der Waals surface area contributed by atoms with Crippen LogP contribution in [-0.4, -0.2) is 28.7 Å². The number of carbonyl (C=O) groups excluding carboxylic acids is 1. The number of benzene rings is 7. The summed E-state index contributed by atoms with van der Waals surface area (Å²) in [4.78, 5) is 15.3. The Balaban J connectivity index is 0.945. The van der Waals surface area contributed by atoms with E-state index in [1.165, 1.54) is 11.1 Å². The van der Waals surface area contributed by atoms with Crippen LogP contribution in [0.15, 0.2) is 188 Å².